The summed E-state index contributed by atoms with van der Waals surface area (Å²) in [6.07, 6.45) is 3.20. The maximum absolute atomic E-state index is 5.77. The van der Waals surface area contributed by atoms with Gasteiger partial charge in [0, 0.05) is 31.7 Å². The first-order chi connectivity index (χ1) is 6.69. The van der Waals surface area contributed by atoms with Gasteiger partial charge in [-0.1, -0.05) is 6.08 Å². The molecular formula is C11H23N3. The Morgan fingerprint density at radius 2 is 2.29 bits per heavy atom. The van der Waals surface area contributed by atoms with E-state index in [4.69, 9.17) is 5.73 Å². The van der Waals surface area contributed by atoms with E-state index in [1.165, 1.54) is 6.42 Å². The first kappa shape index (κ1) is 11.7. The van der Waals surface area contributed by atoms with Crippen molar-refractivity contribution in [2.24, 2.45) is 5.73 Å². The second kappa shape index (κ2) is 5.49. The summed E-state index contributed by atoms with van der Waals surface area (Å²) in [5.41, 5.74) is 5.77. The molecule has 0 radical (unpaired) electrons. The van der Waals surface area contributed by atoms with E-state index in [1.807, 2.05) is 6.08 Å². The van der Waals surface area contributed by atoms with Crippen LogP contribution in [-0.2, 0) is 0 Å². The molecular weight excluding hydrogens is 174 g/mol. The quantitative estimate of drug-likeness (QED) is 0.670. The maximum Gasteiger partial charge on any atom is 0.0342 e. The lowest BCUT2D eigenvalue weighted by Crippen LogP contribution is -2.44. The largest absolute Gasteiger partial charge is 0.329 e. The molecule has 1 fully saturated rings. The Bertz CT molecular complexity index is 181. The zero-order chi connectivity index (χ0) is 10.6. The summed E-state index contributed by atoms with van der Waals surface area (Å²) >= 11 is 0. The number of hydrogen-bond donors (Lipinski definition) is 1. The molecule has 2 N–H and O–H groups in total. The molecule has 2 unspecified atom stereocenters. The standard InChI is InChI=1S/C11H23N3/c1-4-6-14-9-11(8-12)13(3)7-5-10(14)2/h4,10-11H,1,5-9,12H2,2-3H3. The highest BCUT2D eigenvalue weighted by Crippen LogP contribution is 2.13. The average molecular weight is 197 g/mol. The van der Waals surface area contributed by atoms with Gasteiger partial charge in [0.25, 0.3) is 0 Å². The third kappa shape index (κ3) is 2.80. The molecule has 0 aliphatic carbocycles. The third-order valence-electron chi connectivity index (χ3n) is 3.23. The Balaban J connectivity index is 2.61. The molecule has 1 saturated heterocycles. The molecule has 0 aromatic rings. The first-order valence-electron chi connectivity index (χ1n) is 5.44. The average Bonchev–Trinajstić information content (AvgIpc) is 2.31. The summed E-state index contributed by atoms with van der Waals surface area (Å²) in [5, 5.41) is 0. The number of hydrogen-bond acceptors (Lipinski definition) is 3. The lowest BCUT2D eigenvalue weighted by Gasteiger charge is -2.29. The van der Waals surface area contributed by atoms with E-state index in [-0.39, 0.29) is 0 Å². The number of nitrogens with zero attached hydrogens (tertiary/aromatic N) is 2. The van der Waals surface area contributed by atoms with Gasteiger partial charge >= 0.3 is 0 Å². The van der Waals surface area contributed by atoms with Gasteiger partial charge in [-0.3, -0.25) is 4.90 Å². The Morgan fingerprint density at radius 1 is 1.57 bits per heavy atom. The van der Waals surface area contributed by atoms with Crippen LogP contribution >= 0.6 is 0 Å². The van der Waals surface area contributed by atoms with Crippen molar-refractivity contribution in [2.45, 2.75) is 25.4 Å². The van der Waals surface area contributed by atoms with Crippen LogP contribution in [-0.4, -0.2) is 55.1 Å². The molecule has 14 heavy (non-hydrogen) atoms. The van der Waals surface area contributed by atoms with Crippen LogP contribution in [0, 0.1) is 0 Å². The number of rotatable bonds is 3. The summed E-state index contributed by atoms with van der Waals surface area (Å²) < 4.78 is 0. The smallest absolute Gasteiger partial charge is 0.0342 e. The zero-order valence-electron chi connectivity index (χ0n) is 9.45. The Morgan fingerprint density at radius 3 is 2.86 bits per heavy atom. The van der Waals surface area contributed by atoms with Gasteiger partial charge in [0.05, 0.1) is 0 Å². The molecule has 1 aliphatic heterocycles. The van der Waals surface area contributed by atoms with Crippen LogP contribution in [0.3, 0.4) is 0 Å². The molecule has 0 aromatic heterocycles. The van der Waals surface area contributed by atoms with Gasteiger partial charge in [0.1, 0.15) is 0 Å². The van der Waals surface area contributed by atoms with Crippen LogP contribution in [0.2, 0.25) is 0 Å². The van der Waals surface area contributed by atoms with Crippen molar-refractivity contribution in [2.75, 3.05) is 33.2 Å². The van der Waals surface area contributed by atoms with Crippen molar-refractivity contribution in [1.82, 2.24) is 9.80 Å². The molecule has 3 heteroatoms. The van der Waals surface area contributed by atoms with Crippen molar-refractivity contribution in [3.63, 3.8) is 0 Å². The highest BCUT2D eigenvalue weighted by molar-refractivity contribution is 4.86. The molecule has 3 nitrogen and oxygen atoms in total. The Labute approximate surface area is 87.6 Å². The minimum Gasteiger partial charge on any atom is -0.329 e. The summed E-state index contributed by atoms with van der Waals surface area (Å²) in [4.78, 5) is 4.84. The topological polar surface area (TPSA) is 32.5 Å². The predicted octanol–water partition coefficient (Wildman–Crippen LogP) is 0.526. The van der Waals surface area contributed by atoms with Crippen LogP contribution < -0.4 is 5.73 Å². The van der Waals surface area contributed by atoms with E-state index in [0.29, 0.717) is 12.1 Å². The second-order valence-electron chi connectivity index (χ2n) is 4.25. The highest BCUT2D eigenvalue weighted by Gasteiger charge is 2.24. The van der Waals surface area contributed by atoms with Gasteiger partial charge in [-0.15, -0.1) is 6.58 Å². The van der Waals surface area contributed by atoms with E-state index in [0.717, 1.165) is 26.2 Å². The molecule has 1 aliphatic rings. The maximum atomic E-state index is 5.77. The van der Waals surface area contributed by atoms with Gasteiger partial charge in [-0.25, -0.2) is 0 Å². The van der Waals surface area contributed by atoms with E-state index >= 15 is 0 Å². The SMILES string of the molecule is C=CCN1CC(CN)N(C)CCC1C. The second-order valence-corrected chi connectivity index (χ2v) is 4.25. The van der Waals surface area contributed by atoms with Crippen LogP contribution in [0.4, 0.5) is 0 Å². The van der Waals surface area contributed by atoms with Crippen molar-refractivity contribution in [3.05, 3.63) is 12.7 Å². The third-order valence-corrected chi connectivity index (χ3v) is 3.23. The predicted molar refractivity (Wildman–Crippen MR) is 61.3 cm³/mol. The molecule has 1 rings (SSSR count). The van der Waals surface area contributed by atoms with Gasteiger partial charge < -0.3 is 10.6 Å². The van der Waals surface area contributed by atoms with Crippen LogP contribution in [0.15, 0.2) is 12.7 Å². The highest BCUT2D eigenvalue weighted by atomic mass is 15.2. The fraction of sp³-hybridized carbons (Fsp3) is 0.818. The van der Waals surface area contributed by atoms with E-state index < -0.39 is 0 Å². The van der Waals surface area contributed by atoms with Crippen molar-refractivity contribution in [3.8, 4) is 0 Å². The van der Waals surface area contributed by atoms with Gasteiger partial charge in [0.2, 0.25) is 0 Å². The first-order valence-corrected chi connectivity index (χ1v) is 5.44. The van der Waals surface area contributed by atoms with Gasteiger partial charge in [-0.2, -0.15) is 0 Å². The van der Waals surface area contributed by atoms with Crippen molar-refractivity contribution >= 4 is 0 Å². The number of nitrogens with two attached hydrogens (primary N) is 1. The lowest BCUT2D eigenvalue weighted by molar-refractivity contribution is 0.199. The summed E-state index contributed by atoms with van der Waals surface area (Å²) in [6.45, 7) is 10.0. The molecule has 0 amide bonds. The fourth-order valence-electron chi connectivity index (χ4n) is 2.02. The van der Waals surface area contributed by atoms with E-state index in [2.05, 4.69) is 30.4 Å². The van der Waals surface area contributed by atoms with Crippen LogP contribution in [0.25, 0.3) is 0 Å². The van der Waals surface area contributed by atoms with E-state index in [9.17, 15) is 0 Å². The van der Waals surface area contributed by atoms with Crippen LogP contribution in [0.5, 0.6) is 0 Å². The Kier molecular flexibility index (Phi) is 4.58. The number of likely N-dealkylation sites (N-methyl/N-ethyl adjacent to an activating group) is 1. The van der Waals surface area contributed by atoms with E-state index in [1.54, 1.807) is 0 Å². The van der Waals surface area contributed by atoms with Gasteiger partial charge in [0.15, 0.2) is 0 Å². The molecule has 0 spiro atoms. The molecule has 82 valence electrons. The molecule has 0 bridgehead atoms. The Hall–Kier alpha value is -0.380. The molecule has 0 aromatic carbocycles. The summed E-state index contributed by atoms with van der Waals surface area (Å²) in [7, 11) is 2.17. The summed E-state index contributed by atoms with van der Waals surface area (Å²) in [6, 6.07) is 1.15. The monoisotopic (exact) mass is 197 g/mol. The van der Waals surface area contributed by atoms with Crippen LogP contribution in [0.1, 0.15) is 13.3 Å². The van der Waals surface area contributed by atoms with Crippen molar-refractivity contribution < 1.29 is 0 Å². The lowest BCUT2D eigenvalue weighted by atomic mass is 10.2. The molecule has 2 atom stereocenters. The normalized spacial score (nSPS) is 31.4. The summed E-state index contributed by atoms with van der Waals surface area (Å²) in [5.74, 6) is 0. The van der Waals surface area contributed by atoms with Crippen molar-refractivity contribution in [1.29, 1.82) is 0 Å². The fourth-order valence-corrected chi connectivity index (χ4v) is 2.02. The van der Waals surface area contributed by atoms with Gasteiger partial charge in [-0.05, 0) is 26.9 Å². The molecule has 0 saturated carbocycles. The molecule has 1 heterocycles. The minimum absolute atomic E-state index is 0.500. The minimum atomic E-state index is 0.500. The zero-order valence-corrected chi connectivity index (χ0v) is 9.45.